The fraction of sp³-hybridized carbons (Fsp3) is 0.500. The standard InChI is InChI=1S/C30H41FN6O5S2/c1-18(2)42-29(39)36-20-10-8-19(9-11-20)27-33-17-25(43-27)22-13-12-21(15-26(22)44(40,41)37-30(3,4)5)35-28(38)34-16-24-23(31)7-6-14-32-24/h6-7,12-15,17-20,29,36-37,39H,8-11,16H2,1-5H3,(H2,34,35,38). The number of carbonyl (C=O) groups is 1. The van der Waals surface area contributed by atoms with Gasteiger partial charge in [-0.1, -0.05) is 6.07 Å². The van der Waals surface area contributed by atoms with Crippen LogP contribution in [-0.2, 0) is 21.3 Å². The van der Waals surface area contributed by atoms with Gasteiger partial charge in [-0.15, -0.1) is 11.3 Å². The molecule has 1 aliphatic carbocycles. The van der Waals surface area contributed by atoms with Crippen LogP contribution in [0.4, 0.5) is 14.9 Å². The molecule has 3 aromatic rings. The molecule has 11 nitrogen and oxygen atoms in total. The number of pyridine rings is 1. The highest BCUT2D eigenvalue weighted by atomic mass is 32.2. The number of benzene rings is 1. The number of ether oxygens (including phenoxy) is 1. The minimum Gasteiger partial charge on any atom is -0.356 e. The zero-order chi connectivity index (χ0) is 32.1. The average Bonchev–Trinajstić information content (AvgIpc) is 3.41. The van der Waals surface area contributed by atoms with Crippen molar-refractivity contribution in [1.29, 1.82) is 0 Å². The van der Waals surface area contributed by atoms with Crippen molar-refractivity contribution >= 4 is 33.1 Å². The number of carbonyl (C=O) groups excluding carboxylic acids is 1. The van der Waals surface area contributed by atoms with Crippen LogP contribution in [0, 0.1) is 5.82 Å². The smallest absolute Gasteiger partial charge is 0.319 e. The average molecular weight is 649 g/mol. The summed E-state index contributed by atoms with van der Waals surface area (Å²) >= 11 is 1.45. The highest BCUT2D eigenvalue weighted by Gasteiger charge is 2.29. The first kappa shape index (κ1) is 33.9. The summed E-state index contributed by atoms with van der Waals surface area (Å²) < 4.78 is 49.1. The summed E-state index contributed by atoms with van der Waals surface area (Å²) in [6.45, 7) is 8.85. The molecule has 2 amide bonds. The number of nitrogens with zero attached hydrogens (tertiary/aromatic N) is 2. The number of sulfonamides is 1. The molecule has 0 spiro atoms. The van der Waals surface area contributed by atoms with Gasteiger partial charge in [0, 0.05) is 41.1 Å². The number of halogens is 1. The van der Waals surface area contributed by atoms with E-state index in [1.165, 1.54) is 35.7 Å². The van der Waals surface area contributed by atoms with E-state index >= 15 is 0 Å². The van der Waals surface area contributed by atoms with E-state index in [2.05, 4.69) is 30.6 Å². The molecule has 5 N–H and O–H groups in total. The second kappa shape index (κ2) is 14.4. The Balaban J connectivity index is 1.51. The Morgan fingerprint density at radius 1 is 1.16 bits per heavy atom. The van der Waals surface area contributed by atoms with Crippen LogP contribution in [-0.4, -0.2) is 53.6 Å². The predicted octanol–water partition coefficient (Wildman–Crippen LogP) is 5.06. The Morgan fingerprint density at radius 3 is 2.55 bits per heavy atom. The molecule has 1 atom stereocenters. The van der Waals surface area contributed by atoms with E-state index in [0.29, 0.717) is 10.4 Å². The molecule has 1 unspecified atom stereocenters. The Hall–Kier alpha value is -3.01. The third-order valence-corrected chi connectivity index (χ3v) is 9.86. The summed E-state index contributed by atoms with van der Waals surface area (Å²) in [4.78, 5) is 21.9. The summed E-state index contributed by atoms with van der Waals surface area (Å²) in [5.41, 5.74) is 0.0554. The van der Waals surface area contributed by atoms with Crippen molar-refractivity contribution < 1.29 is 27.4 Å². The number of thiazole rings is 1. The van der Waals surface area contributed by atoms with E-state index in [4.69, 9.17) is 4.74 Å². The van der Waals surface area contributed by atoms with Crippen molar-refractivity contribution in [2.45, 2.75) is 102 Å². The van der Waals surface area contributed by atoms with Gasteiger partial charge in [-0.25, -0.2) is 27.3 Å². The molecule has 0 saturated heterocycles. The van der Waals surface area contributed by atoms with Gasteiger partial charge in [-0.3, -0.25) is 10.3 Å². The number of hydrogen-bond donors (Lipinski definition) is 5. The van der Waals surface area contributed by atoms with Gasteiger partial charge in [0.25, 0.3) is 0 Å². The number of amides is 2. The Morgan fingerprint density at radius 2 is 1.89 bits per heavy atom. The SMILES string of the molecule is CC(C)OC(O)NC1CCC(c2ncc(-c3ccc(NC(=O)NCc4ncccc4F)cc3S(=O)(=O)NC(C)(C)C)s2)CC1. The molecule has 1 aliphatic rings. The monoisotopic (exact) mass is 648 g/mol. The van der Waals surface area contributed by atoms with E-state index in [1.807, 2.05) is 13.8 Å². The van der Waals surface area contributed by atoms with E-state index in [1.54, 1.807) is 39.1 Å². The largest absolute Gasteiger partial charge is 0.356 e. The van der Waals surface area contributed by atoms with Crippen LogP contribution in [0.15, 0.2) is 47.6 Å². The van der Waals surface area contributed by atoms with Gasteiger partial charge in [0.15, 0.2) is 0 Å². The summed E-state index contributed by atoms with van der Waals surface area (Å²) in [6.07, 6.45) is 5.48. The highest BCUT2D eigenvalue weighted by Crippen LogP contribution is 2.40. The molecule has 1 fully saturated rings. The molecule has 0 bridgehead atoms. The van der Waals surface area contributed by atoms with Crippen molar-refractivity contribution in [2.75, 3.05) is 5.32 Å². The van der Waals surface area contributed by atoms with Gasteiger partial charge in [-0.2, -0.15) is 0 Å². The molecule has 1 saturated carbocycles. The molecule has 14 heteroatoms. The number of aliphatic hydroxyl groups is 1. The molecule has 1 aromatic carbocycles. The van der Waals surface area contributed by atoms with Crippen molar-refractivity contribution in [3.05, 3.63) is 59.2 Å². The van der Waals surface area contributed by atoms with Crippen LogP contribution in [0.1, 0.15) is 76.9 Å². The van der Waals surface area contributed by atoms with Crippen molar-refractivity contribution in [1.82, 2.24) is 25.3 Å². The minimum atomic E-state index is -4.01. The molecule has 44 heavy (non-hydrogen) atoms. The summed E-state index contributed by atoms with van der Waals surface area (Å²) in [7, 11) is -4.01. The van der Waals surface area contributed by atoms with Crippen molar-refractivity contribution in [3.8, 4) is 10.4 Å². The van der Waals surface area contributed by atoms with E-state index in [-0.39, 0.29) is 40.9 Å². The number of hydrogen-bond acceptors (Lipinski definition) is 9. The lowest BCUT2D eigenvalue weighted by molar-refractivity contribution is -0.150. The van der Waals surface area contributed by atoms with E-state index in [0.717, 1.165) is 30.7 Å². The molecule has 240 valence electrons. The molecule has 0 radical (unpaired) electrons. The number of urea groups is 1. The number of aliphatic hydroxyl groups excluding tert-OH is 1. The van der Waals surface area contributed by atoms with Crippen LogP contribution >= 0.6 is 11.3 Å². The van der Waals surface area contributed by atoms with Gasteiger partial charge < -0.3 is 20.5 Å². The van der Waals surface area contributed by atoms with Crippen molar-refractivity contribution in [2.24, 2.45) is 0 Å². The third kappa shape index (κ3) is 9.49. The normalized spacial score (nSPS) is 18.3. The van der Waals surface area contributed by atoms with Gasteiger partial charge in [0.05, 0.1) is 33.1 Å². The van der Waals surface area contributed by atoms with E-state index < -0.39 is 33.8 Å². The summed E-state index contributed by atoms with van der Waals surface area (Å²) in [6, 6.07) is 6.89. The fourth-order valence-electron chi connectivity index (χ4n) is 4.98. The highest BCUT2D eigenvalue weighted by molar-refractivity contribution is 7.89. The van der Waals surface area contributed by atoms with Crippen LogP contribution < -0.4 is 20.7 Å². The summed E-state index contributed by atoms with van der Waals surface area (Å²) in [5, 5.41) is 19.3. The fourth-order valence-corrected chi connectivity index (χ4v) is 7.84. The van der Waals surface area contributed by atoms with Crippen LogP contribution in [0.5, 0.6) is 0 Å². The quantitative estimate of drug-likeness (QED) is 0.181. The first-order chi connectivity index (χ1) is 20.7. The van der Waals surface area contributed by atoms with Gasteiger partial charge in [0.1, 0.15) is 5.82 Å². The van der Waals surface area contributed by atoms with Gasteiger partial charge in [0.2, 0.25) is 16.4 Å². The molecular weight excluding hydrogens is 607 g/mol. The van der Waals surface area contributed by atoms with Gasteiger partial charge >= 0.3 is 6.03 Å². The van der Waals surface area contributed by atoms with E-state index in [9.17, 15) is 22.7 Å². The van der Waals surface area contributed by atoms with Crippen LogP contribution in [0.25, 0.3) is 10.4 Å². The zero-order valence-electron chi connectivity index (χ0n) is 25.6. The number of aromatic nitrogens is 2. The number of anilines is 1. The van der Waals surface area contributed by atoms with Crippen LogP contribution in [0.2, 0.25) is 0 Å². The maximum Gasteiger partial charge on any atom is 0.319 e. The summed E-state index contributed by atoms with van der Waals surface area (Å²) in [5.74, 6) is -0.321. The molecule has 2 aromatic heterocycles. The van der Waals surface area contributed by atoms with Crippen LogP contribution in [0.3, 0.4) is 0 Å². The minimum absolute atomic E-state index is 0.00300. The molecule has 4 rings (SSSR count). The number of nitrogens with one attached hydrogen (secondary N) is 4. The lowest BCUT2D eigenvalue weighted by atomic mass is 9.86. The zero-order valence-corrected chi connectivity index (χ0v) is 27.2. The maximum atomic E-state index is 13.9. The lowest BCUT2D eigenvalue weighted by Gasteiger charge is -2.30. The second-order valence-electron chi connectivity index (χ2n) is 12.1. The van der Waals surface area contributed by atoms with Gasteiger partial charge in [-0.05, 0) is 84.6 Å². The Bertz CT molecular complexity index is 1530. The third-order valence-electron chi connectivity index (χ3n) is 6.87. The topological polar surface area (TPSA) is 155 Å². The van der Waals surface area contributed by atoms with Crippen molar-refractivity contribution in [3.63, 3.8) is 0 Å². The first-order valence-corrected chi connectivity index (χ1v) is 16.9. The Labute approximate surface area is 262 Å². The second-order valence-corrected chi connectivity index (χ2v) is 14.8. The molecule has 0 aliphatic heterocycles. The first-order valence-electron chi connectivity index (χ1n) is 14.6. The predicted molar refractivity (Wildman–Crippen MR) is 168 cm³/mol. The number of rotatable bonds is 11. The Kier molecular flexibility index (Phi) is 11.1. The maximum absolute atomic E-state index is 13.9. The lowest BCUT2D eigenvalue weighted by Crippen LogP contribution is -2.42. The molecular formula is C30H41FN6O5S2. The molecule has 2 heterocycles.